The molecular formula is C18H19NO3. The lowest BCUT2D eigenvalue weighted by Gasteiger charge is -2.09. The fourth-order valence-electron chi connectivity index (χ4n) is 2.52. The summed E-state index contributed by atoms with van der Waals surface area (Å²) in [7, 11) is 0. The molecule has 0 saturated heterocycles. The lowest BCUT2D eigenvalue weighted by atomic mass is 10.1. The van der Waals surface area contributed by atoms with Crippen molar-refractivity contribution in [2.24, 2.45) is 0 Å². The Morgan fingerprint density at radius 2 is 1.95 bits per heavy atom. The Balaban J connectivity index is 1.58. The minimum absolute atomic E-state index is 0.0265. The molecule has 0 bridgehead atoms. The van der Waals surface area contributed by atoms with E-state index in [9.17, 15) is 4.79 Å². The number of benzene rings is 2. The van der Waals surface area contributed by atoms with E-state index in [-0.39, 0.29) is 12.7 Å². The van der Waals surface area contributed by atoms with Crippen molar-refractivity contribution in [3.05, 3.63) is 53.6 Å². The second-order valence-corrected chi connectivity index (χ2v) is 5.25. The van der Waals surface area contributed by atoms with E-state index < -0.39 is 0 Å². The summed E-state index contributed by atoms with van der Waals surface area (Å²) in [4.78, 5) is 12.1. The monoisotopic (exact) mass is 297 g/mol. The van der Waals surface area contributed by atoms with Crippen molar-refractivity contribution in [2.75, 3.05) is 12.1 Å². The number of fused-ring (bicyclic) bond motifs is 1. The van der Waals surface area contributed by atoms with Gasteiger partial charge in [-0.25, -0.2) is 0 Å². The van der Waals surface area contributed by atoms with Crippen LogP contribution in [-0.2, 0) is 17.6 Å². The van der Waals surface area contributed by atoms with Gasteiger partial charge < -0.3 is 14.8 Å². The maximum Gasteiger partial charge on any atom is 0.231 e. The Labute approximate surface area is 130 Å². The molecule has 0 aromatic heterocycles. The van der Waals surface area contributed by atoms with Gasteiger partial charge in [-0.2, -0.15) is 0 Å². The first-order valence-electron chi connectivity index (χ1n) is 7.52. The van der Waals surface area contributed by atoms with Crippen LogP contribution < -0.4 is 14.8 Å². The van der Waals surface area contributed by atoms with E-state index in [4.69, 9.17) is 9.47 Å². The molecule has 3 rings (SSSR count). The third kappa shape index (κ3) is 3.22. The van der Waals surface area contributed by atoms with Crippen molar-refractivity contribution in [1.29, 1.82) is 0 Å². The van der Waals surface area contributed by atoms with Gasteiger partial charge >= 0.3 is 0 Å². The molecule has 4 nitrogen and oxygen atoms in total. The molecule has 0 aliphatic carbocycles. The van der Waals surface area contributed by atoms with Gasteiger partial charge in [-0.1, -0.05) is 31.2 Å². The van der Waals surface area contributed by atoms with Crippen LogP contribution in [0.5, 0.6) is 11.5 Å². The van der Waals surface area contributed by atoms with E-state index in [0.717, 1.165) is 34.7 Å². The van der Waals surface area contributed by atoms with Crippen molar-refractivity contribution >= 4 is 11.6 Å². The molecule has 0 unspecified atom stereocenters. The molecule has 1 heterocycles. The number of rotatable bonds is 5. The predicted molar refractivity (Wildman–Crippen MR) is 85.3 cm³/mol. The molecule has 0 atom stereocenters. The third-order valence-corrected chi connectivity index (χ3v) is 3.75. The van der Waals surface area contributed by atoms with Gasteiger partial charge in [-0.3, -0.25) is 4.79 Å². The zero-order chi connectivity index (χ0) is 15.4. The summed E-state index contributed by atoms with van der Waals surface area (Å²) >= 11 is 0. The molecule has 2 aromatic rings. The number of amides is 1. The average molecular weight is 297 g/mol. The standard InChI is InChI=1S/C18H19NO3/c1-2-14-5-3-4-6-15(14)19-18(20)10-8-13-7-9-16-17(11-13)22-12-21-16/h3-7,9,11H,2,8,10,12H2,1H3,(H,19,20). The lowest BCUT2D eigenvalue weighted by Crippen LogP contribution is -2.13. The van der Waals surface area contributed by atoms with E-state index in [1.165, 1.54) is 0 Å². The molecule has 0 saturated carbocycles. The highest BCUT2D eigenvalue weighted by Gasteiger charge is 2.13. The molecule has 0 fully saturated rings. The second kappa shape index (κ2) is 6.52. The van der Waals surface area contributed by atoms with Crippen LogP contribution in [0.2, 0.25) is 0 Å². The van der Waals surface area contributed by atoms with Gasteiger partial charge in [-0.05, 0) is 42.2 Å². The smallest absolute Gasteiger partial charge is 0.231 e. The third-order valence-electron chi connectivity index (χ3n) is 3.75. The van der Waals surface area contributed by atoms with Gasteiger partial charge in [0, 0.05) is 12.1 Å². The Morgan fingerprint density at radius 3 is 2.82 bits per heavy atom. The van der Waals surface area contributed by atoms with Gasteiger partial charge in [0.2, 0.25) is 12.7 Å². The quantitative estimate of drug-likeness (QED) is 0.918. The van der Waals surface area contributed by atoms with E-state index in [0.29, 0.717) is 12.8 Å². The second-order valence-electron chi connectivity index (χ2n) is 5.25. The van der Waals surface area contributed by atoms with Crippen molar-refractivity contribution in [3.63, 3.8) is 0 Å². The zero-order valence-corrected chi connectivity index (χ0v) is 12.6. The van der Waals surface area contributed by atoms with Crippen LogP contribution >= 0.6 is 0 Å². The van der Waals surface area contributed by atoms with Crippen molar-refractivity contribution in [1.82, 2.24) is 0 Å². The highest BCUT2D eigenvalue weighted by Crippen LogP contribution is 2.32. The normalized spacial score (nSPS) is 12.2. The van der Waals surface area contributed by atoms with Crippen LogP contribution in [0.4, 0.5) is 5.69 Å². The summed E-state index contributed by atoms with van der Waals surface area (Å²) in [6.07, 6.45) is 2.02. The number of nitrogens with one attached hydrogen (secondary N) is 1. The first-order chi connectivity index (χ1) is 10.8. The first-order valence-corrected chi connectivity index (χ1v) is 7.52. The van der Waals surface area contributed by atoms with Crippen LogP contribution in [-0.4, -0.2) is 12.7 Å². The zero-order valence-electron chi connectivity index (χ0n) is 12.6. The maximum atomic E-state index is 12.1. The van der Waals surface area contributed by atoms with Crippen molar-refractivity contribution < 1.29 is 14.3 Å². The molecule has 1 aliphatic rings. The summed E-state index contributed by atoms with van der Waals surface area (Å²) in [5.74, 6) is 1.55. The molecule has 4 heteroatoms. The Kier molecular flexibility index (Phi) is 4.28. The number of aryl methyl sites for hydroxylation is 2. The van der Waals surface area contributed by atoms with E-state index >= 15 is 0 Å². The van der Waals surface area contributed by atoms with Gasteiger partial charge in [0.15, 0.2) is 11.5 Å². The molecule has 0 radical (unpaired) electrons. The van der Waals surface area contributed by atoms with Crippen LogP contribution in [0.1, 0.15) is 24.5 Å². The van der Waals surface area contributed by atoms with Crippen LogP contribution in [0.15, 0.2) is 42.5 Å². The number of hydrogen-bond donors (Lipinski definition) is 1. The molecule has 0 spiro atoms. The van der Waals surface area contributed by atoms with Crippen molar-refractivity contribution in [2.45, 2.75) is 26.2 Å². The van der Waals surface area contributed by atoms with E-state index in [1.54, 1.807) is 0 Å². The first kappa shape index (κ1) is 14.4. The van der Waals surface area contributed by atoms with E-state index in [2.05, 4.69) is 12.2 Å². The van der Waals surface area contributed by atoms with Gasteiger partial charge in [0.1, 0.15) is 0 Å². The number of carbonyl (C=O) groups is 1. The van der Waals surface area contributed by atoms with Crippen molar-refractivity contribution in [3.8, 4) is 11.5 Å². The summed E-state index contributed by atoms with van der Waals surface area (Å²) in [6.45, 7) is 2.35. The summed E-state index contributed by atoms with van der Waals surface area (Å²) < 4.78 is 10.6. The average Bonchev–Trinajstić information content (AvgIpc) is 3.01. The van der Waals surface area contributed by atoms with Gasteiger partial charge in [0.05, 0.1) is 0 Å². The number of ether oxygens (including phenoxy) is 2. The highest BCUT2D eigenvalue weighted by atomic mass is 16.7. The fraction of sp³-hybridized carbons (Fsp3) is 0.278. The fourth-order valence-corrected chi connectivity index (χ4v) is 2.52. The highest BCUT2D eigenvalue weighted by molar-refractivity contribution is 5.91. The predicted octanol–water partition coefficient (Wildman–Crippen LogP) is 3.55. The summed E-state index contributed by atoms with van der Waals surface area (Å²) in [5, 5.41) is 2.99. The molecule has 22 heavy (non-hydrogen) atoms. The van der Waals surface area contributed by atoms with Gasteiger partial charge in [0.25, 0.3) is 0 Å². The molecule has 2 aromatic carbocycles. The van der Waals surface area contributed by atoms with Gasteiger partial charge in [-0.15, -0.1) is 0 Å². The minimum Gasteiger partial charge on any atom is -0.454 e. The number of hydrogen-bond acceptors (Lipinski definition) is 3. The number of anilines is 1. The topological polar surface area (TPSA) is 47.6 Å². The van der Waals surface area contributed by atoms with E-state index in [1.807, 2.05) is 42.5 Å². The molecule has 1 N–H and O–H groups in total. The lowest BCUT2D eigenvalue weighted by molar-refractivity contribution is -0.116. The largest absolute Gasteiger partial charge is 0.454 e. The van der Waals surface area contributed by atoms with Crippen LogP contribution in [0.25, 0.3) is 0 Å². The maximum absolute atomic E-state index is 12.1. The Morgan fingerprint density at radius 1 is 1.14 bits per heavy atom. The van der Waals surface area contributed by atoms with Crippen LogP contribution in [0.3, 0.4) is 0 Å². The molecular weight excluding hydrogens is 278 g/mol. The van der Waals surface area contributed by atoms with Crippen LogP contribution in [0, 0.1) is 0 Å². The number of para-hydroxylation sites is 1. The SMILES string of the molecule is CCc1ccccc1NC(=O)CCc1ccc2c(c1)OCO2. The molecule has 1 amide bonds. The summed E-state index contributed by atoms with van der Waals surface area (Å²) in [6, 6.07) is 13.7. The minimum atomic E-state index is 0.0265. The molecule has 1 aliphatic heterocycles. The summed E-state index contributed by atoms with van der Waals surface area (Å²) in [5.41, 5.74) is 3.13. The Bertz CT molecular complexity index is 682. The Hall–Kier alpha value is -2.49. The number of carbonyl (C=O) groups excluding carboxylic acids is 1. The molecule has 114 valence electrons.